The van der Waals surface area contributed by atoms with Crippen molar-refractivity contribution in [2.45, 2.75) is 6.04 Å². The van der Waals surface area contributed by atoms with Gasteiger partial charge in [0, 0.05) is 12.1 Å². The quantitative estimate of drug-likeness (QED) is 0.776. The van der Waals surface area contributed by atoms with Crippen molar-refractivity contribution >= 4 is 27.5 Å². The summed E-state index contributed by atoms with van der Waals surface area (Å²) in [5, 5.41) is 0.703. The molecule has 21 heavy (non-hydrogen) atoms. The standard InChI is InChI=1S/C16H17BrClNO2/c1-20-8-9-21-15-7-4-12(10-14(15)17)16(19)11-2-5-13(18)6-3-11/h2-7,10,16H,8-9,19H2,1H3. The van der Waals surface area contributed by atoms with Crippen LogP contribution in [0.2, 0.25) is 5.02 Å². The molecule has 0 bridgehead atoms. The van der Waals surface area contributed by atoms with Gasteiger partial charge in [0.15, 0.2) is 0 Å². The topological polar surface area (TPSA) is 44.5 Å². The van der Waals surface area contributed by atoms with Crippen LogP contribution < -0.4 is 10.5 Å². The summed E-state index contributed by atoms with van der Waals surface area (Å²) >= 11 is 9.40. The number of methoxy groups -OCH3 is 1. The van der Waals surface area contributed by atoms with Crippen LogP contribution >= 0.6 is 27.5 Å². The molecule has 2 aromatic carbocycles. The van der Waals surface area contributed by atoms with Gasteiger partial charge in [0.05, 0.1) is 17.1 Å². The third kappa shape index (κ3) is 4.45. The van der Waals surface area contributed by atoms with Crippen molar-refractivity contribution in [2.24, 2.45) is 5.73 Å². The molecule has 3 nitrogen and oxygen atoms in total. The van der Waals surface area contributed by atoms with Gasteiger partial charge in [-0.2, -0.15) is 0 Å². The van der Waals surface area contributed by atoms with Crippen LogP contribution in [0.5, 0.6) is 5.75 Å². The molecular weight excluding hydrogens is 354 g/mol. The average Bonchev–Trinajstić information content (AvgIpc) is 2.49. The van der Waals surface area contributed by atoms with Crippen LogP contribution in [0.1, 0.15) is 17.2 Å². The number of halogens is 2. The molecule has 2 aromatic rings. The lowest BCUT2D eigenvalue weighted by atomic mass is 10.00. The van der Waals surface area contributed by atoms with Gasteiger partial charge < -0.3 is 15.2 Å². The Morgan fingerprint density at radius 3 is 2.38 bits per heavy atom. The second-order valence-corrected chi connectivity index (χ2v) is 5.85. The lowest BCUT2D eigenvalue weighted by Gasteiger charge is -2.15. The Balaban J connectivity index is 2.13. The molecule has 0 aromatic heterocycles. The number of hydrogen-bond donors (Lipinski definition) is 1. The second kappa shape index (κ2) is 7.80. The van der Waals surface area contributed by atoms with Gasteiger partial charge >= 0.3 is 0 Å². The molecule has 0 aliphatic rings. The van der Waals surface area contributed by atoms with Crippen molar-refractivity contribution in [1.29, 1.82) is 0 Å². The molecule has 0 heterocycles. The minimum atomic E-state index is -0.202. The summed E-state index contributed by atoms with van der Waals surface area (Å²) in [4.78, 5) is 0. The molecule has 0 radical (unpaired) electrons. The van der Waals surface area contributed by atoms with E-state index in [1.165, 1.54) is 0 Å². The maximum absolute atomic E-state index is 6.28. The smallest absolute Gasteiger partial charge is 0.133 e. The van der Waals surface area contributed by atoms with E-state index in [2.05, 4.69) is 15.9 Å². The van der Waals surface area contributed by atoms with Crippen LogP contribution in [0.4, 0.5) is 0 Å². The van der Waals surface area contributed by atoms with Crippen LogP contribution in [0.25, 0.3) is 0 Å². The molecule has 1 atom stereocenters. The van der Waals surface area contributed by atoms with Gasteiger partial charge in [-0.15, -0.1) is 0 Å². The zero-order chi connectivity index (χ0) is 15.2. The number of nitrogens with two attached hydrogens (primary N) is 1. The Bertz CT molecular complexity index is 589. The molecule has 0 saturated carbocycles. The first-order chi connectivity index (χ1) is 10.1. The highest BCUT2D eigenvalue weighted by Crippen LogP contribution is 2.30. The summed E-state index contributed by atoms with van der Waals surface area (Å²) in [6.45, 7) is 1.07. The van der Waals surface area contributed by atoms with E-state index in [4.69, 9.17) is 26.8 Å². The molecule has 0 spiro atoms. The number of benzene rings is 2. The Morgan fingerprint density at radius 2 is 1.76 bits per heavy atom. The van der Waals surface area contributed by atoms with E-state index in [0.29, 0.717) is 18.2 Å². The van der Waals surface area contributed by atoms with Gasteiger partial charge in [-0.3, -0.25) is 0 Å². The molecule has 5 heteroatoms. The van der Waals surface area contributed by atoms with E-state index in [-0.39, 0.29) is 6.04 Å². The number of hydrogen-bond acceptors (Lipinski definition) is 3. The second-order valence-electron chi connectivity index (χ2n) is 4.56. The van der Waals surface area contributed by atoms with Gasteiger partial charge in [0.25, 0.3) is 0 Å². The minimum absolute atomic E-state index is 0.202. The zero-order valence-corrected chi connectivity index (χ0v) is 14.0. The van der Waals surface area contributed by atoms with Gasteiger partial charge in [-0.1, -0.05) is 29.8 Å². The molecule has 0 aliphatic heterocycles. The van der Waals surface area contributed by atoms with Gasteiger partial charge in [0.1, 0.15) is 12.4 Å². The van der Waals surface area contributed by atoms with Crippen molar-refractivity contribution in [3.63, 3.8) is 0 Å². The molecule has 0 fully saturated rings. The zero-order valence-electron chi connectivity index (χ0n) is 11.7. The normalized spacial score (nSPS) is 12.2. The summed E-state index contributed by atoms with van der Waals surface area (Å²) in [5.74, 6) is 0.777. The maximum atomic E-state index is 6.28. The van der Waals surface area contributed by atoms with Crippen LogP contribution in [0.3, 0.4) is 0 Å². The van der Waals surface area contributed by atoms with E-state index < -0.39 is 0 Å². The van der Waals surface area contributed by atoms with Crippen molar-refractivity contribution < 1.29 is 9.47 Å². The highest BCUT2D eigenvalue weighted by Gasteiger charge is 2.11. The van der Waals surface area contributed by atoms with E-state index in [1.54, 1.807) is 7.11 Å². The van der Waals surface area contributed by atoms with Crippen LogP contribution in [-0.4, -0.2) is 20.3 Å². The number of ether oxygens (including phenoxy) is 2. The van der Waals surface area contributed by atoms with E-state index in [1.807, 2.05) is 42.5 Å². The first-order valence-corrected chi connectivity index (χ1v) is 7.71. The van der Waals surface area contributed by atoms with Crippen molar-refractivity contribution in [2.75, 3.05) is 20.3 Å². The third-order valence-corrected chi connectivity index (χ3v) is 3.96. The fourth-order valence-corrected chi connectivity index (χ4v) is 2.56. The summed E-state index contributed by atoms with van der Waals surface area (Å²) < 4.78 is 11.4. The highest BCUT2D eigenvalue weighted by molar-refractivity contribution is 9.10. The predicted octanol–water partition coefficient (Wildman–Crippen LogP) is 4.18. The Morgan fingerprint density at radius 1 is 1.10 bits per heavy atom. The number of rotatable bonds is 6. The Kier molecular flexibility index (Phi) is 6.06. The van der Waals surface area contributed by atoms with E-state index in [0.717, 1.165) is 21.3 Å². The van der Waals surface area contributed by atoms with Gasteiger partial charge in [0.2, 0.25) is 0 Å². The lowest BCUT2D eigenvalue weighted by Crippen LogP contribution is -2.12. The predicted molar refractivity (Wildman–Crippen MR) is 89.0 cm³/mol. The lowest BCUT2D eigenvalue weighted by molar-refractivity contribution is 0.146. The van der Waals surface area contributed by atoms with Crippen LogP contribution in [0.15, 0.2) is 46.9 Å². The highest BCUT2D eigenvalue weighted by atomic mass is 79.9. The van der Waals surface area contributed by atoms with E-state index in [9.17, 15) is 0 Å². The summed E-state index contributed by atoms with van der Waals surface area (Å²) in [6.07, 6.45) is 0. The molecule has 112 valence electrons. The molecule has 0 aliphatic carbocycles. The summed E-state index contributed by atoms with van der Waals surface area (Å²) in [7, 11) is 1.65. The monoisotopic (exact) mass is 369 g/mol. The average molecular weight is 371 g/mol. The van der Waals surface area contributed by atoms with Crippen molar-refractivity contribution in [1.82, 2.24) is 0 Å². The maximum Gasteiger partial charge on any atom is 0.133 e. The molecule has 0 saturated heterocycles. The Labute approximate surface area is 138 Å². The van der Waals surface area contributed by atoms with Crippen molar-refractivity contribution in [3.8, 4) is 5.75 Å². The molecule has 0 amide bonds. The minimum Gasteiger partial charge on any atom is -0.490 e. The first kappa shape index (κ1) is 16.3. The van der Waals surface area contributed by atoms with Gasteiger partial charge in [-0.25, -0.2) is 0 Å². The molecule has 2 N–H and O–H groups in total. The summed E-state index contributed by atoms with van der Waals surface area (Å²) in [6, 6.07) is 13.2. The van der Waals surface area contributed by atoms with Crippen LogP contribution in [0, 0.1) is 0 Å². The van der Waals surface area contributed by atoms with Gasteiger partial charge in [-0.05, 0) is 51.3 Å². The largest absolute Gasteiger partial charge is 0.490 e. The first-order valence-electron chi connectivity index (χ1n) is 6.54. The Hall–Kier alpha value is -1.07. The van der Waals surface area contributed by atoms with Crippen molar-refractivity contribution in [3.05, 3.63) is 63.1 Å². The van der Waals surface area contributed by atoms with E-state index >= 15 is 0 Å². The molecule has 2 rings (SSSR count). The third-order valence-electron chi connectivity index (χ3n) is 3.09. The molecular formula is C16H17BrClNO2. The SMILES string of the molecule is COCCOc1ccc(C(N)c2ccc(Cl)cc2)cc1Br. The fraction of sp³-hybridized carbons (Fsp3) is 0.250. The fourth-order valence-electron chi connectivity index (χ4n) is 1.93. The molecule has 1 unspecified atom stereocenters. The summed E-state index contributed by atoms with van der Waals surface area (Å²) in [5.41, 5.74) is 8.30. The van der Waals surface area contributed by atoms with Crippen LogP contribution in [-0.2, 0) is 4.74 Å².